The summed E-state index contributed by atoms with van der Waals surface area (Å²) in [4.78, 5) is 21.7. The number of rotatable bonds is 3. The number of phenols is 1. The van der Waals surface area contributed by atoms with Gasteiger partial charge in [-0.1, -0.05) is 6.92 Å². The largest absolute Gasteiger partial charge is 0.502 e. The van der Waals surface area contributed by atoms with Crippen LogP contribution >= 0.6 is 0 Å². The molecule has 0 bridgehead atoms. The summed E-state index contributed by atoms with van der Waals surface area (Å²) in [6, 6.07) is 3.06. The molecule has 17 heavy (non-hydrogen) atoms. The van der Waals surface area contributed by atoms with Crippen molar-refractivity contribution in [1.29, 1.82) is 0 Å². The van der Waals surface area contributed by atoms with Crippen LogP contribution in [-0.4, -0.2) is 17.0 Å². The van der Waals surface area contributed by atoms with Crippen LogP contribution in [-0.2, 0) is 16.0 Å². The normalized spacial score (nSPS) is 9.82. The molecule has 0 radical (unpaired) electrons. The fourth-order valence-corrected chi connectivity index (χ4v) is 1.31. The summed E-state index contributed by atoms with van der Waals surface area (Å²) in [5, 5.41) is 9.75. The van der Waals surface area contributed by atoms with Gasteiger partial charge in [0.15, 0.2) is 11.5 Å². The third-order valence-corrected chi connectivity index (χ3v) is 2.02. The molecular formula is C12H14O5. The molecule has 1 aromatic rings. The number of benzene rings is 1. The van der Waals surface area contributed by atoms with E-state index in [4.69, 9.17) is 9.47 Å². The predicted molar refractivity (Wildman–Crippen MR) is 60.1 cm³/mol. The maximum absolute atomic E-state index is 10.9. The van der Waals surface area contributed by atoms with Crippen molar-refractivity contribution < 1.29 is 24.2 Å². The van der Waals surface area contributed by atoms with Gasteiger partial charge in [0.2, 0.25) is 5.75 Å². The van der Waals surface area contributed by atoms with Crippen LogP contribution in [0.15, 0.2) is 12.1 Å². The lowest BCUT2D eigenvalue weighted by Crippen LogP contribution is -2.05. The SMILES string of the molecule is CCc1cc(OC(C)=O)c(O)c(OC(C)=O)c1. The molecule has 1 aromatic carbocycles. The minimum absolute atomic E-state index is 0.00639. The van der Waals surface area contributed by atoms with Crippen molar-refractivity contribution in [3.8, 4) is 17.2 Å². The number of phenolic OH excluding ortho intramolecular Hbond substituents is 1. The molecule has 0 atom stereocenters. The number of hydrogen-bond acceptors (Lipinski definition) is 5. The van der Waals surface area contributed by atoms with Crippen LogP contribution in [0.5, 0.6) is 17.2 Å². The van der Waals surface area contributed by atoms with Crippen molar-refractivity contribution >= 4 is 11.9 Å². The second-order valence-electron chi connectivity index (χ2n) is 3.48. The molecule has 0 aliphatic heterocycles. The quantitative estimate of drug-likeness (QED) is 0.642. The maximum atomic E-state index is 10.9. The number of esters is 2. The first-order valence-electron chi connectivity index (χ1n) is 5.16. The first-order chi connectivity index (χ1) is 7.93. The Morgan fingerprint density at radius 3 is 1.82 bits per heavy atom. The third kappa shape index (κ3) is 3.48. The molecule has 0 fully saturated rings. The number of carbonyl (C=O) groups is 2. The Kier molecular flexibility index (Phi) is 4.09. The first kappa shape index (κ1) is 13.0. The summed E-state index contributed by atoms with van der Waals surface area (Å²) in [7, 11) is 0. The van der Waals surface area contributed by atoms with E-state index in [-0.39, 0.29) is 17.2 Å². The van der Waals surface area contributed by atoms with Gasteiger partial charge in [0.1, 0.15) is 0 Å². The van der Waals surface area contributed by atoms with E-state index in [1.165, 1.54) is 26.0 Å². The van der Waals surface area contributed by atoms with Crippen LogP contribution in [0.3, 0.4) is 0 Å². The standard InChI is InChI=1S/C12H14O5/c1-4-9-5-10(16-7(2)13)12(15)11(6-9)17-8(3)14/h5-6,15H,4H2,1-3H3. The van der Waals surface area contributed by atoms with Crippen LogP contribution in [0.2, 0.25) is 0 Å². The second-order valence-corrected chi connectivity index (χ2v) is 3.48. The Balaban J connectivity index is 3.20. The lowest BCUT2D eigenvalue weighted by atomic mass is 10.1. The number of aryl methyl sites for hydroxylation is 1. The van der Waals surface area contributed by atoms with Crippen molar-refractivity contribution in [2.45, 2.75) is 27.2 Å². The molecule has 0 amide bonds. The van der Waals surface area contributed by atoms with Crippen LogP contribution in [0, 0.1) is 0 Å². The minimum Gasteiger partial charge on any atom is -0.502 e. The highest BCUT2D eigenvalue weighted by atomic mass is 16.6. The van der Waals surface area contributed by atoms with Crippen molar-refractivity contribution in [2.75, 3.05) is 0 Å². The molecule has 0 saturated heterocycles. The van der Waals surface area contributed by atoms with Gasteiger partial charge in [0, 0.05) is 13.8 Å². The fourth-order valence-electron chi connectivity index (χ4n) is 1.31. The van der Waals surface area contributed by atoms with Gasteiger partial charge < -0.3 is 14.6 Å². The van der Waals surface area contributed by atoms with E-state index in [1.807, 2.05) is 6.92 Å². The number of hydrogen-bond donors (Lipinski definition) is 1. The number of aromatic hydroxyl groups is 1. The molecule has 0 unspecified atom stereocenters. The highest BCUT2D eigenvalue weighted by Crippen LogP contribution is 2.37. The van der Waals surface area contributed by atoms with Crippen molar-refractivity contribution in [1.82, 2.24) is 0 Å². The van der Waals surface area contributed by atoms with Gasteiger partial charge in [-0.05, 0) is 24.1 Å². The summed E-state index contributed by atoms with van der Waals surface area (Å²) >= 11 is 0. The molecule has 92 valence electrons. The Morgan fingerprint density at radius 2 is 1.53 bits per heavy atom. The molecule has 0 saturated carbocycles. The van der Waals surface area contributed by atoms with Gasteiger partial charge in [0.05, 0.1) is 0 Å². The smallest absolute Gasteiger partial charge is 0.308 e. The van der Waals surface area contributed by atoms with Gasteiger partial charge in [-0.3, -0.25) is 9.59 Å². The lowest BCUT2D eigenvalue weighted by Gasteiger charge is -2.10. The summed E-state index contributed by atoms with van der Waals surface area (Å²) in [6.45, 7) is 4.34. The molecule has 0 heterocycles. The lowest BCUT2D eigenvalue weighted by molar-refractivity contribution is -0.132. The van der Waals surface area contributed by atoms with Gasteiger partial charge >= 0.3 is 11.9 Å². The van der Waals surface area contributed by atoms with E-state index >= 15 is 0 Å². The summed E-state index contributed by atoms with van der Waals surface area (Å²) < 4.78 is 9.66. The van der Waals surface area contributed by atoms with Crippen LogP contribution < -0.4 is 9.47 Å². The van der Waals surface area contributed by atoms with Gasteiger partial charge in [-0.2, -0.15) is 0 Å². The Bertz CT molecular complexity index is 413. The summed E-state index contributed by atoms with van der Waals surface area (Å²) in [5.41, 5.74) is 0.787. The van der Waals surface area contributed by atoms with Crippen molar-refractivity contribution in [2.24, 2.45) is 0 Å². The maximum Gasteiger partial charge on any atom is 0.308 e. The van der Waals surface area contributed by atoms with Crippen LogP contribution in [0.4, 0.5) is 0 Å². The van der Waals surface area contributed by atoms with E-state index < -0.39 is 11.9 Å². The molecular weight excluding hydrogens is 224 g/mol. The molecule has 0 spiro atoms. The van der Waals surface area contributed by atoms with E-state index in [9.17, 15) is 14.7 Å². The Hall–Kier alpha value is -2.04. The monoisotopic (exact) mass is 238 g/mol. The van der Waals surface area contributed by atoms with E-state index in [0.717, 1.165) is 5.56 Å². The average Bonchev–Trinajstić information content (AvgIpc) is 2.22. The van der Waals surface area contributed by atoms with Crippen LogP contribution in [0.25, 0.3) is 0 Å². The zero-order valence-electron chi connectivity index (χ0n) is 9.94. The third-order valence-electron chi connectivity index (χ3n) is 2.02. The topological polar surface area (TPSA) is 72.8 Å². The van der Waals surface area contributed by atoms with E-state index in [1.54, 1.807) is 0 Å². The second kappa shape index (κ2) is 5.34. The molecule has 5 nitrogen and oxygen atoms in total. The van der Waals surface area contributed by atoms with Crippen molar-refractivity contribution in [3.05, 3.63) is 17.7 Å². The minimum atomic E-state index is -0.553. The van der Waals surface area contributed by atoms with Gasteiger partial charge in [-0.15, -0.1) is 0 Å². The molecule has 5 heteroatoms. The Morgan fingerprint density at radius 1 is 1.12 bits per heavy atom. The molecule has 1 N–H and O–H groups in total. The molecule has 0 aromatic heterocycles. The van der Waals surface area contributed by atoms with Gasteiger partial charge in [0.25, 0.3) is 0 Å². The number of carbonyl (C=O) groups excluding carboxylic acids is 2. The molecule has 1 rings (SSSR count). The highest BCUT2D eigenvalue weighted by Gasteiger charge is 2.15. The Labute approximate surface area is 99.0 Å². The predicted octanol–water partition coefficient (Wildman–Crippen LogP) is 1.81. The molecule has 0 aliphatic carbocycles. The zero-order chi connectivity index (χ0) is 13.0. The summed E-state index contributed by atoms with van der Waals surface area (Å²) in [6.07, 6.45) is 0.656. The average molecular weight is 238 g/mol. The van der Waals surface area contributed by atoms with Gasteiger partial charge in [-0.25, -0.2) is 0 Å². The first-order valence-corrected chi connectivity index (χ1v) is 5.16. The van der Waals surface area contributed by atoms with E-state index in [2.05, 4.69) is 0 Å². The fraction of sp³-hybridized carbons (Fsp3) is 0.333. The van der Waals surface area contributed by atoms with Crippen LogP contribution in [0.1, 0.15) is 26.3 Å². The summed E-state index contributed by atoms with van der Waals surface area (Å²) in [5.74, 6) is -1.47. The van der Waals surface area contributed by atoms with Crippen molar-refractivity contribution in [3.63, 3.8) is 0 Å². The zero-order valence-corrected chi connectivity index (χ0v) is 9.94. The highest BCUT2D eigenvalue weighted by molar-refractivity contribution is 5.74. The van der Waals surface area contributed by atoms with E-state index in [0.29, 0.717) is 6.42 Å². The molecule has 0 aliphatic rings. The number of ether oxygens (including phenoxy) is 2.